The van der Waals surface area contributed by atoms with Crippen LogP contribution < -0.4 is 5.73 Å². The van der Waals surface area contributed by atoms with Crippen LogP contribution in [0.3, 0.4) is 0 Å². The molecule has 6 nitrogen and oxygen atoms in total. The standard InChI is InChI=1S/C12H17N5OS/c1-9(11(13)19)16-4-6-17(7-5-16)12(18)10-2-3-14-15-8-10/h2-3,8-9H,4-7H2,1H3,(H2,13,19). The van der Waals surface area contributed by atoms with Crippen LogP contribution in [0.4, 0.5) is 0 Å². The number of rotatable bonds is 3. The Morgan fingerprint density at radius 3 is 2.58 bits per heavy atom. The molecule has 1 atom stereocenters. The first-order valence-corrected chi connectivity index (χ1v) is 6.59. The minimum absolute atomic E-state index is 0.00229. The zero-order valence-electron chi connectivity index (χ0n) is 10.8. The highest BCUT2D eigenvalue weighted by Crippen LogP contribution is 2.10. The van der Waals surface area contributed by atoms with E-state index in [2.05, 4.69) is 15.1 Å². The van der Waals surface area contributed by atoms with Crippen molar-refractivity contribution in [1.82, 2.24) is 20.0 Å². The molecular weight excluding hydrogens is 262 g/mol. The molecule has 2 heterocycles. The molecule has 1 aromatic heterocycles. The van der Waals surface area contributed by atoms with Crippen molar-refractivity contribution in [2.24, 2.45) is 5.73 Å². The molecular formula is C12H17N5OS. The van der Waals surface area contributed by atoms with Crippen LogP contribution in [0.2, 0.25) is 0 Å². The Balaban J connectivity index is 1.93. The minimum Gasteiger partial charge on any atom is -0.392 e. The lowest BCUT2D eigenvalue weighted by Gasteiger charge is -2.37. The van der Waals surface area contributed by atoms with Crippen LogP contribution in [0.15, 0.2) is 18.5 Å². The van der Waals surface area contributed by atoms with Gasteiger partial charge in [0.2, 0.25) is 0 Å². The molecule has 0 aromatic carbocycles. The smallest absolute Gasteiger partial charge is 0.255 e. The van der Waals surface area contributed by atoms with Gasteiger partial charge in [0.1, 0.15) is 0 Å². The van der Waals surface area contributed by atoms with E-state index in [0.717, 1.165) is 13.1 Å². The van der Waals surface area contributed by atoms with E-state index in [4.69, 9.17) is 18.0 Å². The third-order valence-corrected chi connectivity index (χ3v) is 3.73. The van der Waals surface area contributed by atoms with Gasteiger partial charge >= 0.3 is 0 Å². The molecule has 0 saturated carbocycles. The molecule has 1 fully saturated rings. The van der Waals surface area contributed by atoms with Gasteiger partial charge < -0.3 is 10.6 Å². The monoisotopic (exact) mass is 279 g/mol. The predicted octanol–water partition coefficient (Wildman–Crippen LogP) is -0.0910. The van der Waals surface area contributed by atoms with Crippen LogP contribution in [0, 0.1) is 0 Å². The minimum atomic E-state index is -0.00229. The molecule has 0 spiro atoms. The first kappa shape index (κ1) is 13.8. The highest BCUT2D eigenvalue weighted by atomic mass is 32.1. The number of piperazine rings is 1. The van der Waals surface area contributed by atoms with Gasteiger partial charge in [-0.05, 0) is 13.0 Å². The molecule has 1 amide bonds. The van der Waals surface area contributed by atoms with Crippen molar-refractivity contribution in [3.63, 3.8) is 0 Å². The lowest BCUT2D eigenvalue weighted by atomic mass is 10.2. The molecule has 1 aliphatic rings. The van der Waals surface area contributed by atoms with E-state index in [-0.39, 0.29) is 11.9 Å². The number of aromatic nitrogens is 2. The summed E-state index contributed by atoms with van der Waals surface area (Å²) in [6.45, 7) is 4.90. The number of nitrogens with zero attached hydrogens (tertiary/aromatic N) is 4. The molecule has 1 aliphatic heterocycles. The maximum absolute atomic E-state index is 12.2. The van der Waals surface area contributed by atoms with Crippen molar-refractivity contribution in [3.05, 3.63) is 24.0 Å². The van der Waals surface area contributed by atoms with Crippen molar-refractivity contribution in [1.29, 1.82) is 0 Å². The van der Waals surface area contributed by atoms with E-state index in [9.17, 15) is 4.79 Å². The summed E-state index contributed by atoms with van der Waals surface area (Å²) in [6.07, 6.45) is 3.02. The van der Waals surface area contributed by atoms with Crippen molar-refractivity contribution in [3.8, 4) is 0 Å². The summed E-state index contributed by atoms with van der Waals surface area (Å²) in [5.74, 6) is -0.00229. The molecule has 0 radical (unpaired) electrons. The summed E-state index contributed by atoms with van der Waals surface area (Å²) < 4.78 is 0. The summed E-state index contributed by atoms with van der Waals surface area (Å²) in [7, 11) is 0. The second-order valence-corrected chi connectivity index (χ2v) is 5.01. The zero-order chi connectivity index (χ0) is 13.8. The van der Waals surface area contributed by atoms with E-state index in [1.54, 1.807) is 6.07 Å². The second-order valence-electron chi connectivity index (χ2n) is 4.54. The number of hydrogen-bond donors (Lipinski definition) is 1. The van der Waals surface area contributed by atoms with Gasteiger partial charge in [0.05, 0.1) is 29.0 Å². The van der Waals surface area contributed by atoms with Crippen molar-refractivity contribution in [2.75, 3.05) is 26.2 Å². The van der Waals surface area contributed by atoms with Crippen LogP contribution in [-0.2, 0) is 0 Å². The Morgan fingerprint density at radius 2 is 2.05 bits per heavy atom. The molecule has 7 heteroatoms. The van der Waals surface area contributed by atoms with Crippen LogP contribution in [0.1, 0.15) is 17.3 Å². The van der Waals surface area contributed by atoms with Gasteiger partial charge in [-0.15, -0.1) is 0 Å². The number of carbonyl (C=O) groups is 1. The van der Waals surface area contributed by atoms with Crippen LogP contribution in [0.25, 0.3) is 0 Å². The van der Waals surface area contributed by atoms with Gasteiger partial charge in [0.25, 0.3) is 5.91 Å². The number of carbonyl (C=O) groups excluding carboxylic acids is 1. The lowest BCUT2D eigenvalue weighted by molar-refractivity contribution is 0.0621. The molecule has 1 saturated heterocycles. The highest BCUT2D eigenvalue weighted by molar-refractivity contribution is 7.80. The Labute approximate surface area is 117 Å². The molecule has 2 N–H and O–H groups in total. The van der Waals surface area contributed by atoms with E-state index in [1.807, 2.05) is 11.8 Å². The van der Waals surface area contributed by atoms with Gasteiger partial charge in [0, 0.05) is 26.2 Å². The highest BCUT2D eigenvalue weighted by Gasteiger charge is 2.25. The van der Waals surface area contributed by atoms with Gasteiger partial charge in [0.15, 0.2) is 0 Å². The number of amides is 1. The van der Waals surface area contributed by atoms with Gasteiger partial charge in [-0.2, -0.15) is 10.2 Å². The summed E-state index contributed by atoms with van der Waals surface area (Å²) in [5.41, 5.74) is 6.22. The van der Waals surface area contributed by atoms with Gasteiger partial charge in [-0.1, -0.05) is 12.2 Å². The zero-order valence-corrected chi connectivity index (χ0v) is 11.6. The number of hydrogen-bond acceptors (Lipinski definition) is 5. The first-order chi connectivity index (χ1) is 9.09. The molecule has 1 aromatic rings. The molecule has 102 valence electrons. The third kappa shape index (κ3) is 3.24. The average molecular weight is 279 g/mol. The van der Waals surface area contributed by atoms with Crippen molar-refractivity contribution < 1.29 is 4.79 Å². The van der Waals surface area contributed by atoms with Crippen molar-refractivity contribution in [2.45, 2.75) is 13.0 Å². The Morgan fingerprint density at radius 1 is 1.37 bits per heavy atom. The van der Waals surface area contributed by atoms with E-state index in [1.165, 1.54) is 12.4 Å². The Bertz CT molecular complexity index is 458. The Kier molecular flexibility index (Phi) is 4.39. The normalized spacial score (nSPS) is 18.1. The van der Waals surface area contributed by atoms with Crippen LogP contribution in [0.5, 0.6) is 0 Å². The maximum Gasteiger partial charge on any atom is 0.255 e. The largest absolute Gasteiger partial charge is 0.392 e. The SMILES string of the molecule is CC(C(N)=S)N1CCN(C(=O)c2ccnnc2)CC1. The fourth-order valence-electron chi connectivity index (χ4n) is 2.09. The molecule has 1 unspecified atom stereocenters. The summed E-state index contributed by atoms with van der Waals surface area (Å²) in [5, 5.41) is 7.40. The number of nitrogens with two attached hydrogens (primary N) is 1. The lowest BCUT2D eigenvalue weighted by Crippen LogP contribution is -2.53. The van der Waals surface area contributed by atoms with E-state index < -0.39 is 0 Å². The summed E-state index contributed by atoms with van der Waals surface area (Å²) in [4.78, 5) is 16.7. The third-order valence-electron chi connectivity index (χ3n) is 3.39. The fourth-order valence-corrected chi connectivity index (χ4v) is 2.24. The fraction of sp³-hybridized carbons (Fsp3) is 0.500. The summed E-state index contributed by atoms with van der Waals surface area (Å²) in [6, 6.07) is 1.76. The van der Waals surface area contributed by atoms with Gasteiger partial charge in [-0.3, -0.25) is 9.69 Å². The van der Waals surface area contributed by atoms with E-state index in [0.29, 0.717) is 23.6 Å². The van der Waals surface area contributed by atoms with Gasteiger partial charge in [-0.25, -0.2) is 0 Å². The quantitative estimate of drug-likeness (QED) is 0.779. The average Bonchev–Trinajstić information content (AvgIpc) is 2.46. The molecule has 19 heavy (non-hydrogen) atoms. The van der Waals surface area contributed by atoms with Crippen LogP contribution in [-0.4, -0.2) is 63.1 Å². The maximum atomic E-state index is 12.2. The molecule has 0 aliphatic carbocycles. The Hall–Kier alpha value is -1.60. The van der Waals surface area contributed by atoms with Crippen molar-refractivity contribution >= 4 is 23.1 Å². The number of thiocarbonyl (C=S) groups is 1. The van der Waals surface area contributed by atoms with Crippen LogP contribution >= 0.6 is 12.2 Å². The second kappa shape index (κ2) is 6.03. The predicted molar refractivity (Wildman–Crippen MR) is 75.8 cm³/mol. The first-order valence-electron chi connectivity index (χ1n) is 6.19. The molecule has 2 rings (SSSR count). The molecule has 0 bridgehead atoms. The van der Waals surface area contributed by atoms with E-state index >= 15 is 0 Å². The topological polar surface area (TPSA) is 75.3 Å². The summed E-state index contributed by atoms with van der Waals surface area (Å²) >= 11 is 5.00.